The number of hydrogen-bond donors (Lipinski definition) is 1. The number of ether oxygens (including phenoxy) is 2. The second kappa shape index (κ2) is 11.4. The van der Waals surface area contributed by atoms with Gasteiger partial charge < -0.3 is 14.6 Å². The van der Waals surface area contributed by atoms with Crippen molar-refractivity contribution in [3.8, 4) is 33.0 Å². The first kappa shape index (κ1) is 28.0. The Bertz CT molecular complexity index is 1420. The Kier molecular flexibility index (Phi) is 8.21. The molecule has 1 aliphatic carbocycles. The highest BCUT2D eigenvalue weighted by Crippen LogP contribution is 2.41. The van der Waals surface area contributed by atoms with Crippen LogP contribution in [0.1, 0.15) is 70.2 Å². The summed E-state index contributed by atoms with van der Waals surface area (Å²) in [5.74, 6) is -0.570. The Balaban J connectivity index is 1.68. The molecule has 1 aromatic heterocycles. The van der Waals surface area contributed by atoms with Gasteiger partial charge >= 0.3 is 12.1 Å². The number of aromatic nitrogens is 2. The van der Waals surface area contributed by atoms with E-state index >= 15 is 0 Å². The van der Waals surface area contributed by atoms with Crippen LogP contribution in [0, 0.1) is 11.3 Å². The molecule has 1 heterocycles. The Morgan fingerprint density at radius 3 is 2.62 bits per heavy atom. The number of aliphatic carboxylic acids is 1. The molecule has 10 heteroatoms. The van der Waals surface area contributed by atoms with Crippen LogP contribution >= 0.6 is 11.3 Å². The van der Waals surface area contributed by atoms with Gasteiger partial charge in [0.1, 0.15) is 34.0 Å². The average Bonchev–Trinajstić information content (AvgIpc) is 3.35. The highest BCUT2D eigenvalue weighted by atomic mass is 32.1. The highest BCUT2D eigenvalue weighted by Gasteiger charge is 2.34. The van der Waals surface area contributed by atoms with Crippen molar-refractivity contribution in [3.05, 3.63) is 53.1 Å². The summed E-state index contributed by atoms with van der Waals surface area (Å²) in [5.41, 5.74) is 3.27. The Labute approximate surface area is 232 Å². The van der Waals surface area contributed by atoms with Crippen molar-refractivity contribution in [2.24, 2.45) is 0 Å². The van der Waals surface area contributed by atoms with Crippen LogP contribution in [0.5, 0.6) is 5.75 Å². The molecule has 1 atom stereocenters. The van der Waals surface area contributed by atoms with E-state index in [1.807, 2.05) is 38.1 Å². The van der Waals surface area contributed by atoms with Gasteiger partial charge in [0.25, 0.3) is 0 Å². The van der Waals surface area contributed by atoms with E-state index in [1.165, 1.54) is 16.2 Å². The fourth-order valence-electron chi connectivity index (χ4n) is 4.67. The van der Waals surface area contributed by atoms with E-state index in [-0.39, 0.29) is 6.10 Å². The molecule has 0 radical (unpaired) electrons. The molecule has 0 saturated carbocycles. The number of fused-ring (bicyclic) bond motifs is 1. The van der Waals surface area contributed by atoms with Crippen LogP contribution in [0.2, 0.25) is 0 Å². The van der Waals surface area contributed by atoms with Crippen molar-refractivity contribution in [1.82, 2.24) is 15.1 Å². The molecule has 0 fully saturated rings. The summed E-state index contributed by atoms with van der Waals surface area (Å²) < 4.78 is 11.3. The minimum atomic E-state index is -1.10. The number of carbonyl (C=O) groups excluding carboxylic acids is 1. The van der Waals surface area contributed by atoms with Crippen molar-refractivity contribution in [2.45, 2.75) is 71.6 Å². The molecule has 0 saturated heterocycles. The SMILES string of the molecule is CC(C)Oc1ccc(-c2nnc(-c3cccc4c3CCCC4N(CC(=O)O)C(=O)OC(C)(C)C)s2)cc1C#N. The van der Waals surface area contributed by atoms with Crippen LogP contribution in [-0.2, 0) is 16.0 Å². The maximum Gasteiger partial charge on any atom is 0.411 e. The zero-order valence-electron chi connectivity index (χ0n) is 22.7. The third-order valence-electron chi connectivity index (χ3n) is 6.15. The molecule has 1 N–H and O–H groups in total. The Morgan fingerprint density at radius 2 is 1.95 bits per heavy atom. The van der Waals surface area contributed by atoms with Gasteiger partial charge in [-0.3, -0.25) is 9.69 Å². The lowest BCUT2D eigenvalue weighted by Crippen LogP contribution is -2.43. The lowest BCUT2D eigenvalue weighted by atomic mass is 9.84. The van der Waals surface area contributed by atoms with Gasteiger partial charge in [0.15, 0.2) is 0 Å². The zero-order chi connectivity index (χ0) is 28.3. The number of carbonyl (C=O) groups is 2. The van der Waals surface area contributed by atoms with Gasteiger partial charge in [-0.2, -0.15) is 5.26 Å². The molecular formula is C29H32N4O5S. The minimum absolute atomic E-state index is 0.0501. The number of carboxylic acids is 1. The van der Waals surface area contributed by atoms with Gasteiger partial charge in [-0.25, -0.2) is 4.79 Å². The van der Waals surface area contributed by atoms with Crippen LogP contribution < -0.4 is 4.74 Å². The molecule has 204 valence electrons. The number of nitrogens with zero attached hydrogens (tertiary/aromatic N) is 4. The zero-order valence-corrected chi connectivity index (χ0v) is 23.5. The maximum absolute atomic E-state index is 13.0. The van der Waals surface area contributed by atoms with Crippen LogP contribution in [-0.4, -0.2) is 50.5 Å². The second-order valence-corrected chi connectivity index (χ2v) is 11.7. The molecule has 1 amide bonds. The Hall–Kier alpha value is -3.97. The number of hydrogen-bond acceptors (Lipinski definition) is 8. The predicted molar refractivity (Wildman–Crippen MR) is 148 cm³/mol. The average molecular weight is 549 g/mol. The number of rotatable bonds is 7. The fourth-order valence-corrected chi connectivity index (χ4v) is 5.56. The van der Waals surface area contributed by atoms with Gasteiger partial charge in [-0.15, -0.1) is 10.2 Å². The van der Waals surface area contributed by atoms with Gasteiger partial charge in [0, 0.05) is 11.1 Å². The van der Waals surface area contributed by atoms with Crippen molar-refractivity contribution in [1.29, 1.82) is 5.26 Å². The van der Waals surface area contributed by atoms with Crippen LogP contribution in [0.3, 0.4) is 0 Å². The van der Waals surface area contributed by atoms with E-state index in [2.05, 4.69) is 16.3 Å². The molecule has 0 bridgehead atoms. The van der Waals surface area contributed by atoms with E-state index in [1.54, 1.807) is 32.9 Å². The number of amides is 1. The number of benzene rings is 2. The fraction of sp³-hybridized carbons (Fsp3) is 0.414. The summed E-state index contributed by atoms with van der Waals surface area (Å²) in [6.45, 7) is 8.64. The number of carboxylic acid groups (broad SMARTS) is 1. The van der Waals surface area contributed by atoms with E-state index in [4.69, 9.17) is 9.47 Å². The molecule has 9 nitrogen and oxygen atoms in total. The minimum Gasteiger partial charge on any atom is -0.490 e. The molecule has 0 aliphatic heterocycles. The van der Waals surface area contributed by atoms with E-state index in [0.29, 0.717) is 27.7 Å². The monoisotopic (exact) mass is 548 g/mol. The first-order valence-electron chi connectivity index (χ1n) is 12.8. The smallest absolute Gasteiger partial charge is 0.411 e. The summed E-state index contributed by atoms with van der Waals surface area (Å²) in [4.78, 5) is 26.0. The molecule has 2 aromatic carbocycles. The summed E-state index contributed by atoms with van der Waals surface area (Å²) in [6.07, 6.45) is 1.48. The quantitative estimate of drug-likeness (QED) is 0.368. The molecule has 0 spiro atoms. The summed E-state index contributed by atoms with van der Waals surface area (Å²) in [7, 11) is 0. The normalized spacial score (nSPS) is 14.8. The van der Waals surface area contributed by atoms with Crippen molar-refractivity contribution in [2.75, 3.05) is 6.54 Å². The molecular weight excluding hydrogens is 516 g/mol. The van der Waals surface area contributed by atoms with Crippen LogP contribution in [0.4, 0.5) is 4.79 Å². The highest BCUT2D eigenvalue weighted by molar-refractivity contribution is 7.17. The van der Waals surface area contributed by atoms with E-state index in [9.17, 15) is 20.0 Å². The number of nitriles is 1. The molecule has 1 aliphatic rings. The third kappa shape index (κ3) is 6.55. The van der Waals surface area contributed by atoms with Crippen molar-refractivity contribution < 1.29 is 24.2 Å². The van der Waals surface area contributed by atoms with Crippen LogP contribution in [0.15, 0.2) is 36.4 Å². The first-order chi connectivity index (χ1) is 18.5. The Morgan fingerprint density at radius 1 is 1.21 bits per heavy atom. The molecule has 39 heavy (non-hydrogen) atoms. The van der Waals surface area contributed by atoms with Gasteiger partial charge in [-0.05, 0) is 83.2 Å². The van der Waals surface area contributed by atoms with Gasteiger partial charge in [0.05, 0.1) is 17.7 Å². The topological polar surface area (TPSA) is 126 Å². The van der Waals surface area contributed by atoms with Gasteiger partial charge in [-0.1, -0.05) is 29.5 Å². The molecule has 4 rings (SSSR count). The maximum atomic E-state index is 13.0. The summed E-state index contributed by atoms with van der Waals surface area (Å²) in [5, 5.41) is 29.4. The second-order valence-electron chi connectivity index (χ2n) is 10.7. The lowest BCUT2D eigenvalue weighted by Gasteiger charge is -2.36. The predicted octanol–water partition coefficient (Wildman–Crippen LogP) is 6.23. The van der Waals surface area contributed by atoms with E-state index < -0.39 is 30.3 Å². The molecule has 3 aromatic rings. The van der Waals surface area contributed by atoms with Gasteiger partial charge in [0.2, 0.25) is 0 Å². The molecule has 1 unspecified atom stereocenters. The standard InChI is InChI=1S/C29H32N4O5S/c1-17(2)37-24-13-12-18(14-19(24)15-30)26-31-32-27(39-26)22-10-6-9-21-20(22)8-7-11-23(21)33(16-25(34)35)28(36)38-29(3,4)5/h6,9-10,12-14,17,23H,7-8,11,16H2,1-5H3,(H,34,35). The summed E-state index contributed by atoms with van der Waals surface area (Å²) >= 11 is 1.41. The first-order valence-corrected chi connectivity index (χ1v) is 13.7. The van der Waals surface area contributed by atoms with Crippen molar-refractivity contribution >= 4 is 23.4 Å². The van der Waals surface area contributed by atoms with Crippen molar-refractivity contribution in [3.63, 3.8) is 0 Å². The van der Waals surface area contributed by atoms with Crippen LogP contribution in [0.25, 0.3) is 21.1 Å². The summed E-state index contributed by atoms with van der Waals surface area (Å²) in [6, 6.07) is 13.0. The largest absolute Gasteiger partial charge is 0.490 e. The lowest BCUT2D eigenvalue weighted by molar-refractivity contribution is -0.139. The third-order valence-corrected chi connectivity index (χ3v) is 7.16. The van der Waals surface area contributed by atoms with E-state index in [0.717, 1.165) is 35.1 Å².